The van der Waals surface area contributed by atoms with Crippen LogP contribution in [0.25, 0.3) is 10.9 Å². The number of benzene rings is 1. The van der Waals surface area contributed by atoms with Gasteiger partial charge in [-0.05, 0) is 42.9 Å². The highest BCUT2D eigenvalue weighted by molar-refractivity contribution is 9.10. The van der Waals surface area contributed by atoms with Crippen LogP contribution in [0.5, 0.6) is 0 Å². The summed E-state index contributed by atoms with van der Waals surface area (Å²) < 4.78 is 3.15. The van der Waals surface area contributed by atoms with Crippen molar-refractivity contribution in [2.45, 2.75) is 19.4 Å². The maximum absolute atomic E-state index is 10.6. The molecule has 1 saturated carbocycles. The topological polar surface area (TPSA) is 42.2 Å². The average Bonchev–Trinajstić information content (AvgIpc) is 3.11. The molecule has 0 radical (unpaired) electrons. The molecule has 19 heavy (non-hydrogen) atoms. The van der Waals surface area contributed by atoms with Gasteiger partial charge in [0.2, 0.25) is 0 Å². The van der Waals surface area contributed by atoms with Crippen molar-refractivity contribution in [3.05, 3.63) is 34.4 Å². The van der Waals surface area contributed by atoms with E-state index in [1.165, 1.54) is 12.8 Å². The lowest BCUT2D eigenvalue weighted by atomic mass is 10.2. The number of carboxylic acid groups (broad SMARTS) is 1. The maximum Gasteiger partial charge on any atom is 0.382 e. The second-order valence-electron chi connectivity index (χ2n) is 4.84. The lowest BCUT2D eigenvalue weighted by molar-refractivity contribution is -0.130. The Bertz CT molecular complexity index is 717. The standard InChI is InChI=1S/C15H12BrNO2/c16-12-4-3-11-7-13(5-6-15(18)19)17(14(11)8-12)9-10-1-2-10/h3-4,7-8,10H,1-2,9H2,(H,18,19). The van der Waals surface area contributed by atoms with Crippen LogP contribution in [0.2, 0.25) is 0 Å². The Balaban J connectivity index is 2.13. The Hall–Kier alpha value is -1.73. The molecule has 1 fully saturated rings. The van der Waals surface area contributed by atoms with Crippen LogP contribution in [0, 0.1) is 17.8 Å². The van der Waals surface area contributed by atoms with Crippen molar-refractivity contribution in [2.24, 2.45) is 5.92 Å². The summed E-state index contributed by atoms with van der Waals surface area (Å²) in [5.74, 6) is 4.57. The summed E-state index contributed by atoms with van der Waals surface area (Å²) in [4.78, 5) is 10.6. The third kappa shape index (κ3) is 2.66. The van der Waals surface area contributed by atoms with Gasteiger partial charge in [0.05, 0.1) is 11.2 Å². The minimum Gasteiger partial charge on any atom is -0.472 e. The number of aromatic nitrogens is 1. The van der Waals surface area contributed by atoms with E-state index in [1.54, 1.807) is 0 Å². The number of fused-ring (bicyclic) bond motifs is 1. The monoisotopic (exact) mass is 317 g/mol. The third-order valence-corrected chi connectivity index (χ3v) is 3.79. The average molecular weight is 318 g/mol. The molecule has 3 rings (SSSR count). The highest BCUT2D eigenvalue weighted by Crippen LogP contribution is 2.33. The number of carbonyl (C=O) groups is 1. The van der Waals surface area contributed by atoms with Crippen molar-refractivity contribution in [1.29, 1.82) is 0 Å². The number of halogens is 1. The Labute approximate surface area is 119 Å². The molecule has 4 heteroatoms. The van der Waals surface area contributed by atoms with Crippen molar-refractivity contribution >= 4 is 32.8 Å². The predicted molar refractivity (Wildman–Crippen MR) is 76.9 cm³/mol. The molecule has 2 aromatic rings. The van der Waals surface area contributed by atoms with Gasteiger partial charge in [-0.1, -0.05) is 22.0 Å². The van der Waals surface area contributed by atoms with E-state index in [2.05, 4.69) is 38.4 Å². The minimum atomic E-state index is -1.09. The Kier molecular flexibility index (Phi) is 3.08. The molecule has 0 unspecified atom stereocenters. The zero-order chi connectivity index (χ0) is 13.4. The van der Waals surface area contributed by atoms with Gasteiger partial charge in [-0.15, -0.1) is 0 Å². The van der Waals surface area contributed by atoms with E-state index in [9.17, 15) is 4.79 Å². The summed E-state index contributed by atoms with van der Waals surface area (Å²) in [6.07, 6.45) is 2.50. The first-order chi connectivity index (χ1) is 9.13. The normalized spacial score (nSPS) is 14.2. The van der Waals surface area contributed by atoms with Crippen LogP contribution < -0.4 is 0 Å². The number of nitrogens with zero attached hydrogens (tertiary/aromatic N) is 1. The number of hydrogen-bond donors (Lipinski definition) is 1. The third-order valence-electron chi connectivity index (χ3n) is 3.30. The van der Waals surface area contributed by atoms with Crippen molar-refractivity contribution in [1.82, 2.24) is 4.57 Å². The lowest BCUT2D eigenvalue weighted by Gasteiger charge is -2.06. The van der Waals surface area contributed by atoms with Crippen LogP contribution in [0.4, 0.5) is 0 Å². The van der Waals surface area contributed by atoms with Gasteiger partial charge in [0.1, 0.15) is 0 Å². The Morgan fingerprint density at radius 1 is 1.42 bits per heavy atom. The van der Waals surface area contributed by atoms with Crippen LogP contribution in [0.15, 0.2) is 28.7 Å². The Morgan fingerprint density at radius 2 is 2.21 bits per heavy atom. The van der Waals surface area contributed by atoms with Crippen molar-refractivity contribution in [2.75, 3.05) is 0 Å². The molecule has 1 aromatic heterocycles. The lowest BCUT2D eigenvalue weighted by Crippen LogP contribution is -2.02. The molecule has 1 aliphatic rings. The van der Waals surface area contributed by atoms with Crippen molar-refractivity contribution in [3.8, 4) is 11.8 Å². The van der Waals surface area contributed by atoms with Crippen LogP contribution in [-0.4, -0.2) is 15.6 Å². The molecule has 1 aromatic carbocycles. The van der Waals surface area contributed by atoms with Crippen LogP contribution >= 0.6 is 15.9 Å². The molecular weight excluding hydrogens is 306 g/mol. The molecule has 0 amide bonds. The van der Waals surface area contributed by atoms with Gasteiger partial charge >= 0.3 is 5.97 Å². The fourth-order valence-electron chi connectivity index (χ4n) is 2.20. The first kappa shape index (κ1) is 12.3. The molecule has 0 spiro atoms. The van der Waals surface area contributed by atoms with E-state index in [4.69, 9.17) is 5.11 Å². The summed E-state index contributed by atoms with van der Waals surface area (Å²) in [5.41, 5.74) is 1.89. The molecule has 0 atom stereocenters. The second-order valence-corrected chi connectivity index (χ2v) is 5.76. The quantitative estimate of drug-likeness (QED) is 0.864. The molecule has 1 N–H and O–H groups in total. The summed E-state index contributed by atoms with van der Waals surface area (Å²) in [6, 6.07) is 8.02. The molecular formula is C15H12BrNO2. The smallest absolute Gasteiger partial charge is 0.382 e. The zero-order valence-electron chi connectivity index (χ0n) is 10.2. The van der Waals surface area contributed by atoms with E-state index in [0.29, 0.717) is 5.92 Å². The summed E-state index contributed by atoms with van der Waals surface area (Å²) >= 11 is 3.48. The summed E-state index contributed by atoms with van der Waals surface area (Å²) in [6.45, 7) is 0.920. The highest BCUT2D eigenvalue weighted by Gasteiger charge is 2.23. The molecule has 0 aliphatic heterocycles. The van der Waals surface area contributed by atoms with Gasteiger partial charge in [0.15, 0.2) is 0 Å². The number of hydrogen-bond acceptors (Lipinski definition) is 1. The number of aliphatic carboxylic acids is 1. The number of carboxylic acids is 1. The van der Waals surface area contributed by atoms with Crippen LogP contribution in [-0.2, 0) is 11.3 Å². The van der Waals surface area contributed by atoms with Crippen LogP contribution in [0.1, 0.15) is 18.5 Å². The van der Waals surface area contributed by atoms with Crippen molar-refractivity contribution in [3.63, 3.8) is 0 Å². The minimum absolute atomic E-state index is 0.708. The van der Waals surface area contributed by atoms with E-state index < -0.39 is 5.97 Å². The summed E-state index contributed by atoms with van der Waals surface area (Å²) in [5, 5.41) is 9.78. The first-order valence-electron chi connectivity index (χ1n) is 6.17. The van der Waals surface area contributed by atoms with Gasteiger partial charge in [-0.2, -0.15) is 0 Å². The second kappa shape index (κ2) is 4.75. The zero-order valence-corrected chi connectivity index (χ0v) is 11.8. The van der Waals surface area contributed by atoms with Gasteiger partial charge in [0.25, 0.3) is 0 Å². The molecule has 1 heterocycles. The molecule has 3 nitrogen and oxygen atoms in total. The summed E-state index contributed by atoms with van der Waals surface area (Å²) in [7, 11) is 0. The van der Waals surface area contributed by atoms with Crippen molar-refractivity contribution < 1.29 is 9.90 Å². The fourth-order valence-corrected chi connectivity index (χ4v) is 2.55. The largest absolute Gasteiger partial charge is 0.472 e. The van der Waals surface area contributed by atoms with Gasteiger partial charge in [-0.3, -0.25) is 0 Å². The molecule has 96 valence electrons. The van der Waals surface area contributed by atoms with Gasteiger partial charge in [0, 0.05) is 22.3 Å². The van der Waals surface area contributed by atoms with E-state index in [0.717, 1.165) is 27.6 Å². The van der Waals surface area contributed by atoms with E-state index in [-0.39, 0.29) is 0 Å². The highest BCUT2D eigenvalue weighted by atomic mass is 79.9. The molecule has 0 saturated heterocycles. The molecule has 0 bridgehead atoms. The molecule has 1 aliphatic carbocycles. The van der Waals surface area contributed by atoms with E-state index >= 15 is 0 Å². The first-order valence-corrected chi connectivity index (χ1v) is 6.96. The van der Waals surface area contributed by atoms with Gasteiger partial charge < -0.3 is 9.67 Å². The fraction of sp³-hybridized carbons (Fsp3) is 0.267. The van der Waals surface area contributed by atoms with Gasteiger partial charge in [-0.25, -0.2) is 4.79 Å². The Morgan fingerprint density at radius 3 is 2.89 bits per heavy atom. The maximum atomic E-state index is 10.6. The van der Waals surface area contributed by atoms with E-state index in [1.807, 2.05) is 18.2 Å². The number of rotatable bonds is 2. The predicted octanol–water partition coefficient (Wildman–Crippen LogP) is 3.25. The SMILES string of the molecule is O=C(O)C#Cc1cc2ccc(Br)cc2n1CC1CC1. The van der Waals surface area contributed by atoms with Crippen LogP contribution in [0.3, 0.4) is 0 Å².